The maximum Gasteiger partial charge on any atom is 0.162 e. The van der Waals surface area contributed by atoms with E-state index in [2.05, 4.69) is 4.99 Å². The van der Waals surface area contributed by atoms with Crippen LogP contribution in [0.3, 0.4) is 0 Å². The molecule has 26 heavy (non-hydrogen) atoms. The van der Waals surface area contributed by atoms with Crippen LogP contribution in [0.1, 0.15) is 0 Å². The van der Waals surface area contributed by atoms with Gasteiger partial charge in [-0.05, 0) is 48.5 Å². The van der Waals surface area contributed by atoms with Crippen LogP contribution in [0, 0.1) is 5.82 Å². The van der Waals surface area contributed by atoms with Crippen molar-refractivity contribution in [2.45, 2.75) is 9.79 Å². The summed E-state index contributed by atoms with van der Waals surface area (Å²) in [6.45, 7) is 0. The third-order valence-corrected chi connectivity index (χ3v) is 5.12. The van der Waals surface area contributed by atoms with Gasteiger partial charge in [0.1, 0.15) is 10.9 Å². The molecule has 0 radical (unpaired) electrons. The van der Waals surface area contributed by atoms with E-state index in [4.69, 9.17) is 0 Å². The predicted octanol–water partition coefficient (Wildman–Crippen LogP) is 7.25. The first kappa shape index (κ1) is 18.4. The molecule has 0 heterocycles. The van der Waals surface area contributed by atoms with E-state index in [1.807, 2.05) is 60.7 Å². The van der Waals surface area contributed by atoms with Gasteiger partial charge in [0, 0.05) is 15.2 Å². The van der Waals surface area contributed by atoms with Crippen molar-refractivity contribution >= 4 is 34.3 Å². The highest BCUT2D eigenvalue weighted by Crippen LogP contribution is 2.29. The summed E-state index contributed by atoms with van der Waals surface area (Å²) in [6, 6.07) is 24.7. The van der Waals surface area contributed by atoms with Crippen LogP contribution in [0.15, 0.2) is 111 Å². The van der Waals surface area contributed by atoms with Crippen LogP contribution in [0.4, 0.5) is 14.5 Å². The number of halogens is 2. The average Bonchev–Trinajstić information content (AvgIpc) is 2.68. The lowest BCUT2D eigenvalue weighted by atomic mass is 10.3. The fourth-order valence-corrected chi connectivity index (χ4v) is 3.57. The summed E-state index contributed by atoms with van der Waals surface area (Å²) in [5.74, 6) is -0.748. The lowest BCUT2D eigenvalue weighted by molar-refractivity contribution is 0.626. The van der Waals surface area contributed by atoms with Crippen molar-refractivity contribution in [3.63, 3.8) is 0 Å². The van der Waals surface area contributed by atoms with Gasteiger partial charge in [-0.25, -0.2) is 13.8 Å². The molecule has 0 aromatic heterocycles. The Balaban J connectivity index is 1.85. The Labute approximate surface area is 159 Å². The number of rotatable bonds is 5. The molecule has 0 unspecified atom stereocenters. The lowest BCUT2D eigenvalue weighted by Crippen LogP contribution is -1.93. The van der Waals surface area contributed by atoms with Gasteiger partial charge in [-0.1, -0.05) is 59.9 Å². The molecule has 3 rings (SSSR count). The van der Waals surface area contributed by atoms with Gasteiger partial charge in [0.25, 0.3) is 0 Å². The van der Waals surface area contributed by atoms with Crippen molar-refractivity contribution < 1.29 is 8.78 Å². The van der Waals surface area contributed by atoms with Gasteiger partial charge < -0.3 is 0 Å². The van der Waals surface area contributed by atoms with E-state index in [0.29, 0.717) is 5.69 Å². The standard InChI is InChI=1S/C21H15F2NS2/c22-16-11-13-18(14-12-16)25-15-20(23)21(24-17-7-3-1-4-8-17)26-19-9-5-2-6-10-19/h1-15H/b20-15-,24-21?. The third-order valence-electron chi connectivity index (χ3n) is 3.26. The molecule has 0 amide bonds. The van der Waals surface area contributed by atoms with Crippen molar-refractivity contribution in [2.24, 2.45) is 4.99 Å². The van der Waals surface area contributed by atoms with Crippen LogP contribution in [-0.2, 0) is 0 Å². The SMILES string of the molecule is F/C(=C\Sc1ccc(F)cc1)C(=Nc1ccccc1)Sc1ccccc1. The topological polar surface area (TPSA) is 12.4 Å². The van der Waals surface area contributed by atoms with Crippen LogP contribution in [0.25, 0.3) is 0 Å². The Morgan fingerprint density at radius 3 is 2.04 bits per heavy atom. The molecule has 130 valence electrons. The minimum atomic E-state index is -0.433. The van der Waals surface area contributed by atoms with E-state index >= 15 is 0 Å². The molecule has 3 aromatic carbocycles. The first-order chi connectivity index (χ1) is 12.7. The fraction of sp³-hybridized carbons (Fsp3) is 0. The maximum absolute atomic E-state index is 14.8. The number of hydrogen-bond acceptors (Lipinski definition) is 3. The minimum absolute atomic E-state index is 0.275. The molecule has 0 N–H and O–H groups in total. The van der Waals surface area contributed by atoms with Crippen molar-refractivity contribution in [2.75, 3.05) is 0 Å². The van der Waals surface area contributed by atoms with Crippen LogP contribution in [0.5, 0.6) is 0 Å². The number of hydrogen-bond donors (Lipinski definition) is 0. The zero-order chi connectivity index (χ0) is 18.2. The summed E-state index contributed by atoms with van der Waals surface area (Å²) in [5.41, 5.74) is 0.682. The summed E-state index contributed by atoms with van der Waals surface area (Å²) < 4.78 is 27.8. The molecular formula is C21H15F2NS2. The third kappa shape index (κ3) is 5.58. The normalized spacial score (nSPS) is 12.2. The van der Waals surface area contributed by atoms with Gasteiger partial charge in [-0.2, -0.15) is 0 Å². The van der Waals surface area contributed by atoms with Gasteiger partial charge in [0.2, 0.25) is 0 Å². The molecule has 0 saturated heterocycles. The van der Waals surface area contributed by atoms with E-state index in [1.165, 1.54) is 41.1 Å². The number of thioether (sulfide) groups is 2. The Morgan fingerprint density at radius 2 is 1.38 bits per heavy atom. The smallest absolute Gasteiger partial charge is 0.162 e. The highest BCUT2D eigenvalue weighted by Gasteiger charge is 2.10. The molecular weight excluding hydrogens is 368 g/mol. The molecule has 0 bridgehead atoms. The predicted molar refractivity (Wildman–Crippen MR) is 107 cm³/mol. The highest BCUT2D eigenvalue weighted by molar-refractivity contribution is 8.14. The first-order valence-electron chi connectivity index (χ1n) is 7.85. The Bertz CT molecular complexity index is 892. The van der Waals surface area contributed by atoms with Crippen molar-refractivity contribution in [3.05, 3.63) is 102 Å². The summed E-state index contributed by atoms with van der Waals surface area (Å²) in [6.07, 6.45) is 0. The van der Waals surface area contributed by atoms with Crippen molar-refractivity contribution in [1.82, 2.24) is 0 Å². The molecule has 1 nitrogen and oxygen atoms in total. The Hall–Kier alpha value is -2.37. The lowest BCUT2D eigenvalue weighted by Gasteiger charge is -2.05. The fourth-order valence-electron chi connectivity index (χ4n) is 2.03. The molecule has 0 aliphatic rings. The second kappa shape index (κ2) is 9.36. The van der Waals surface area contributed by atoms with Crippen LogP contribution < -0.4 is 0 Å². The van der Waals surface area contributed by atoms with Gasteiger partial charge in [0.05, 0.1) is 5.69 Å². The van der Waals surface area contributed by atoms with Crippen LogP contribution >= 0.6 is 23.5 Å². The van der Waals surface area contributed by atoms with Crippen molar-refractivity contribution in [1.29, 1.82) is 0 Å². The first-order valence-corrected chi connectivity index (χ1v) is 9.55. The van der Waals surface area contributed by atoms with Crippen LogP contribution in [0.2, 0.25) is 0 Å². The highest BCUT2D eigenvalue weighted by atomic mass is 32.2. The maximum atomic E-state index is 14.8. The summed E-state index contributed by atoms with van der Waals surface area (Å²) in [5, 5.41) is 1.67. The van der Waals surface area contributed by atoms with E-state index in [1.54, 1.807) is 12.1 Å². The van der Waals surface area contributed by atoms with Gasteiger partial charge in [0.15, 0.2) is 5.83 Å². The second-order valence-electron chi connectivity index (χ2n) is 5.21. The average molecular weight is 383 g/mol. The quantitative estimate of drug-likeness (QED) is 0.261. The number of nitrogens with zero attached hydrogens (tertiary/aromatic N) is 1. The molecule has 0 aliphatic heterocycles. The Morgan fingerprint density at radius 1 is 0.769 bits per heavy atom. The molecule has 0 fully saturated rings. The van der Waals surface area contributed by atoms with E-state index in [-0.39, 0.29) is 10.9 Å². The van der Waals surface area contributed by atoms with Gasteiger partial charge in [-0.3, -0.25) is 0 Å². The summed E-state index contributed by atoms with van der Waals surface area (Å²) in [4.78, 5) is 6.10. The molecule has 5 heteroatoms. The monoisotopic (exact) mass is 383 g/mol. The van der Waals surface area contributed by atoms with Crippen LogP contribution in [-0.4, -0.2) is 5.04 Å². The number of para-hydroxylation sites is 1. The Kier molecular flexibility index (Phi) is 6.63. The molecule has 0 aliphatic carbocycles. The number of benzene rings is 3. The van der Waals surface area contributed by atoms with Gasteiger partial charge in [-0.15, -0.1) is 0 Å². The largest absolute Gasteiger partial charge is 0.239 e. The zero-order valence-corrected chi connectivity index (χ0v) is 15.3. The van der Waals surface area contributed by atoms with E-state index in [9.17, 15) is 8.78 Å². The van der Waals surface area contributed by atoms with E-state index < -0.39 is 5.83 Å². The summed E-state index contributed by atoms with van der Waals surface area (Å²) in [7, 11) is 0. The summed E-state index contributed by atoms with van der Waals surface area (Å²) >= 11 is 2.45. The van der Waals surface area contributed by atoms with Gasteiger partial charge >= 0.3 is 0 Å². The molecule has 3 aromatic rings. The number of aliphatic imine (C=N–C) groups is 1. The second-order valence-corrected chi connectivity index (χ2v) is 7.21. The van der Waals surface area contributed by atoms with E-state index in [0.717, 1.165) is 9.79 Å². The molecule has 0 atom stereocenters. The zero-order valence-electron chi connectivity index (χ0n) is 13.7. The minimum Gasteiger partial charge on any atom is -0.239 e. The molecule has 0 spiro atoms. The van der Waals surface area contributed by atoms with Crippen molar-refractivity contribution in [3.8, 4) is 0 Å². The molecule has 0 saturated carbocycles.